The molecule has 28 heavy (non-hydrogen) atoms. The van der Waals surface area contributed by atoms with Gasteiger partial charge < -0.3 is 15.4 Å². The van der Waals surface area contributed by atoms with Gasteiger partial charge in [-0.3, -0.25) is 0 Å². The molecule has 2 aromatic carbocycles. The average molecular weight is 371 g/mol. The number of nitriles is 1. The highest BCUT2D eigenvalue weighted by atomic mass is 16.5. The zero-order valence-corrected chi connectivity index (χ0v) is 16.0. The first kappa shape index (κ1) is 17.7. The summed E-state index contributed by atoms with van der Waals surface area (Å²) in [4.78, 5) is 2.03. The third-order valence-corrected chi connectivity index (χ3v) is 4.98. The van der Waals surface area contributed by atoms with Crippen LogP contribution >= 0.6 is 0 Å². The maximum atomic E-state index is 9.77. The number of anilines is 1. The van der Waals surface area contributed by atoms with E-state index in [2.05, 4.69) is 11.2 Å². The molecule has 6 nitrogen and oxygen atoms in total. The maximum Gasteiger partial charge on any atom is 0.229 e. The number of fused-ring (bicyclic) bond motifs is 1. The Hall–Kier alpha value is -3.72. The third kappa shape index (κ3) is 2.78. The van der Waals surface area contributed by atoms with Gasteiger partial charge in [0.15, 0.2) is 0 Å². The second-order valence-corrected chi connectivity index (χ2v) is 6.96. The summed E-state index contributed by atoms with van der Waals surface area (Å²) in [5.74, 6) is 0.359. The highest BCUT2D eigenvalue weighted by Crippen LogP contribution is 2.44. The fourth-order valence-corrected chi connectivity index (χ4v) is 3.56. The lowest BCUT2D eigenvalue weighted by molar-refractivity contribution is 0.367. The molecular formula is C22H21N5O. The molecule has 0 aliphatic carbocycles. The molecule has 0 saturated heterocycles. The number of benzene rings is 2. The average Bonchev–Trinajstić information content (AvgIpc) is 3.03. The van der Waals surface area contributed by atoms with Crippen LogP contribution in [0.3, 0.4) is 0 Å². The highest BCUT2D eigenvalue weighted by molar-refractivity contribution is 5.58. The molecular weight excluding hydrogens is 350 g/mol. The molecule has 0 radical (unpaired) electrons. The predicted molar refractivity (Wildman–Crippen MR) is 108 cm³/mol. The van der Waals surface area contributed by atoms with Crippen molar-refractivity contribution in [2.45, 2.75) is 12.8 Å². The fourth-order valence-electron chi connectivity index (χ4n) is 3.56. The first-order valence-electron chi connectivity index (χ1n) is 9.01. The van der Waals surface area contributed by atoms with Gasteiger partial charge in [0.1, 0.15) is 11.6 Å². The minimum absolute atomic E-state index is 0.119. The van der Waals surface area contributed by atoms with E-state index in [9.17, 15) is 5.26 Å². The molecule has 3 aromatic rings. The van der Waals surface area contributed by atoms with Crippen LogP contribution in [0.15, 0.2) is 66.1 Å². The van der Waals surface area contributed by atoms with E-state index in [1.54, 1.807) is 4.68 Å². The van der Waals surface area contributed by atoms with Crippen LogP contribution in [0.1, 0.15) is 22.7 Å². The SMILES string of the molecule is Cc1nn(-c2ccccc2)c2c1C(c1ccc(N(C)C)cc1)C(C#N)=C(N)O2. The quantitative estimate of drug-likeness (QED) is 0.763. The van der Waals surface area contributed by atoms with Crippen LogP contribution in [0.2, 0.25) is 0 Å². The summed E-state index contributed by atoms with van der Waals surface area (Å²) in [6.45, 7) is 1.93. The molecule has 0 spiro atoms. The number of nitrogens with two attached hydrogens (primary N) is 1. The van der Waals surface area contributed by atoms with Crippen molar-refractivity contribution in [2.75, 3.05) is 19.0 Å². The van der Waals surface area contributed by atoms with E-state index < -0.39 is 0 Å². The second-order valence-electron chi connectivity index (χ2n) is 6.96. The maximum absolute atomic E-state index is 9.77. The number of rotatable bonds is 3. The van der Waals surface area contributed by atoms with E-state index in [0.29, 0.717) is 11.5 Å². The highest BCUT2D eigenvalue weighted by Gasteiger charge is 2.36. The van der Waals surface area contributed by atoms with Gasteiger partial charge in [-0.1, -0.05) is 30.3 Å². The van der Waals surface area contributed by atoms with Crippen molar-refractivity contribution in [3.05, 3.63) is 82.9 Å². The van der Waals surface area contributed by atoms with Crippen molar-refractivity contribution >= 4 is 5.69 Å². The second kappa shape index (κ2) is 6.78. The minimum atomic E-state index is -0.317. The van der Waals surface area contributed by atoms with E-state index in [-0.39, 0.29) is 11.8 Å². The first-order chi connectivity index (χ1) is 13.5. The molecule has 2 N–H and O–H groups in total. The lowest BCUT2D eigenvalue weighted by atomic mass is 9.84. The van der Waals surface area contributed by atoms with E-state index in [1.807, 2.05) is 80.5 Å². The molecule has 1 aromatic heterocycles. The molecule has 0 saturated carbocycles. The van der Waals surface area contributed by atoms with Gasteiger partial charge in [0.25, 0.3) is 0 Å². The van der Waals surface area contributed by atoms with Crippen molar-refractivity contribution in [2.24, 2.45) is 5.73 Å². The number of aromatic nitrogens is 2. The Morgan fingerprint density at radius 3 is 2.39 bits per heavy atom. The fraction of sp³-hybridized carbons (Fsp3) is 0.182. The van der Waals surface area contributed by atoms with Crippen molar-refractivity contribution in [1.29, 1.82) is 5.26 Å². The molecule has 1 aliphatic heterocycles. The number of ether oxygens (including phenoxy) is 1. The smallest absolute Gasteiger partial charge is 0.229 e. The summed E-state index contributed by atoms with van der Waals surface area (Å²) in [7, 11) is 3.99. The molecule has 0 amide bonds. The number of hydrogen-bond donors (Lipinski definition) is 1. The van der Waals surface area contributed by atoms with Gasteiger partial charge in [0, 0.05) is 19.8 Å². The van der Waals surface area contributed by atoms with Crippen LogP contribution < -0.4 is 15.4 Å². The van der Waals surface area contributed by atoms with E-state index in [1.165, 1.54) is 0 Å². The monoisotopic (exact) mass is 371 g/mol. The molecule has 6 heteroatoms. The molecule has 1 atom stereocenters. The number of aryl methyl sites for hydroxylation is 1. The van der Waals surface area contributed by atoms with Crippen LogP contribution in [-0.2, 0) is 0 Å². The molecule has 4 rings (SSSR count). The van der Waals surface area contributed by atoms with Crippen molar-refractivity contribution in [1.82, 2.24) is 9.78 Å². The molecule has 0 fully saturated rings. The normalized spacial score (nSPS) is 15.6. The van der Waals surface area contributed by atoms with E-state index in [0.717, 1.165) is 28.2 Å². The van der Waals surface area contributed by atoms with Gasteiger partial charge >= 0.3 is 0 Å². The van der Waals surface area contributed by atoms with Gasteiger partial charge in [-0.25, -0.2) is 4.68 Å². The third-order valence-electron chi connectivity index (χ3n) is 4.98. The molecule has 0 bridgehead atoms. The summed E-state index contributed by atoms with van der Waals surface area (Å²) in [5, 5.41) is 14.5. The van der Waals surface area contributed by atoms with Crippen molar-refractivity contribution in [3.63, 3.8) is 0 Å². The number of para-hydroxylation sites is 1. The zero-order valence-electron chi connectivity index (χ0n) is 16.0. The van der Waals surface area contributed by atoms with Gasteiger partial charge in [-0.15, -0.1) is 0 Å². The molecule has 1 aliphatic rings. The summed E-state index contributed by atoms with van der Waals surface area (Å²) < 4.78 is 7.63. The van der Waals surface area contributed by atoms with E-state index in [4.69, 9.17) is 10.5 Å². The number of allylic oxidation sites excluding steroid dienone is 1. The minimum Gasteiger partial charge on any atom is -0.422 e. The van der Waals surface area contributed by atoms with Gasteiger partial charge in [0.2, 0.25) is 11.8 Å². The molecule has 2 heterocycles. The Balaban J connectivity index is 1.90. The lowest BCUT2D eigenvalue weighted by Crippen LogP contribution is -2.22. The largest absolute Gasteiger partial charge is 0.422 e. The van der Waals surface area contributed by atoms with Gasteiger partial charge in [0.05, 0.1) is 22.9 Å². The van der Waals surface area contributed by atoms with Crippen LogP contribution in [0.4, 0.5) is 5.69 Å². The predicted octanol–water partition coefficient (Wildman–Crippen LogP) is 3.46. The number of nitrogens with zero attached hydrogens (tertiary/aromatic N) is 4. The van der Waals surface area contributed by atoms with Crippen LogP contribution in [-0.4, -0.2) is 23.9 Å². The van der Waals surface area contributed by atoms with E-state index >= 15 is 0 Å². The Morgan fingerprint density at radius 1 is 1.11 bits per heavy atom. The first-order valence-corrected chi connectivity index (χ1v) is 9.01. The van der Waals surface area contributed by atoms with Gasteiger partial charge in [-0.2, -0.15) is 10.4 Å². The van der Waals surface area contributed by atoms with Crippen molar-refractivity contribution in [3.8, 4) is 17.6 Å². The van der Waals surface area contributed by atoms with Crippen LogP contribution in [0.25, 0.3) is 5.69 Å². The Bertz CT molecular complexity index is 1090. The lowest BCUT2D eigenvalue weighted by Gasteiger charge is -2.25. The molecule has 1 unspecified atom stereocenters. The Kier molecular flexibility index (Phi) is 4.28. The standard InChI is InChI=1S/C22H21N5O/c1-14-19-20(15-9-11-16(12-10-15)26(2)3)18(13-23)21(24)28-22(19)27(25-14)17-7-5-4-6-8-17/h4-12,20H,24H2,1-3H3. The summed E-state index contributed by atoms with van der Waals surface area (Å²) >= 11 is 0. The van der Waals surface area contributed by atoms with Crippen LogP contribution in [0, 0.1) is 18.3 Å². The van der Waals surface area contributed by atoms with Crippen molar-refractivity contribution < 1.29 is 4.74 Å². The Morgan fingerprint density at radius 2 is 1.79 bits per heavy atom. The van der Waals surface area contributed by atoms with Gasteiger partial charge in [-0.05, 0) is 36.8 Å². The summed E-state index contributed by atoms with van der Waals surface area (Å²) in [6.07, 6.45) is 0. The van der Waals surface area contributed by atoms with Crippen LogP contribution in [0.5, 0.6) is 5.88 Å². The topological polar surface area (TPSA) is 80.1 Å². The summed E-state index contributed by atoms with van der Waals surface area (Å²) in [5.41, 5.74) is 11.2. The molecule has 140 valence electrons. The summed E-state index contributed by atoms with van der Waals surface area (Å²) in [6, 6.07) is 20.1. The Labute approximate surface area is 164 Å². The number of hydrogen-bond acceptors (Lipinski definition) is 5. The zero-order chi connectivity index (χ0) is 19.8.